The molecule has 0 radical (unpaired) electrons. The van der Waals surface area contributed by atoms with Crippen molar-refractivity contribution in [2.75, 3.05) is 0 Å². The third-order valence-corrected chi connectivity index (χ3v) is 1.72. The number of alkyl halides is 1. The fourth-order valence-electron chi connectivity index (χ4n) is 0.409. The first-order valence-corrected chi connectivity index (χ1v) is 3.51. The third kappa shape index (κ3) is 1.54. The van der Waals surface area contributed by atoms with Gasteiger partial charge in [-0.2, -0.15) is 0 Å². The van der Waals surface area contributed by atoms with Crippen molar-refractivity contribution in [1.29, 1.82) is 0 Å². The van der Waals surface area contributed by atoms with Crippen LogP contribution in [0.4, 0.5) is 0 Å². The molecule has 0 aliphatic carbocycles. The summed E-state index contributed by atoms with van der Waals surface area (Å²) in [7, 11) is 0. The van der Waals surface area contributed by atoms with E-state index in [1.165, 1.54) is 5.38 Å². The molecule has 1 heterocycles. The summed E-state index contributed by atoms with van der Waals surface area (Å²) in [5.74, 6) is 0. The number of nitrogens with one attached hydrogen (secondary N) is 1. The number of hydrogen-bond donors (Lipinski definition) is 2. The van der Waals surface area contributed by atoms with Gasteiger partial charge < -0.3 is 10.1 Å². The van der Waals surface area contributed by atoms with Crippen molar-refractivity contribution in [1.82, 2.24) is 4.98 Å². The van der Waals surface area contributed by atoms with Gasteiger partial charge in [-0.3, -0.25) is 4.79 Å². The molecule has 0 fully saturated rings. The third-order valence-electron chi connectivity index (χ3n) is 0.796. The molecule has 0 amide bonds. The average molecular weight is 166 g/mol. The van der Waals surface area contributed by atoms with Gasteiger partial charge in [0.05, 0.1) is 5.69 Å². The van der Waals surface area contributed by atoms with E-state index in [9.17, 15) is 4.79 Å². The van der Waals surface area contributed by atoms with Crippen LogP contribution in [0.5, 0.6) is 0 Å². The largest absolute Gasteiger partial charge is 0.372 e. The number of rotatable bonds is 1. The monoisotopic (exact) mass is 165 g/mol. The van der Waals surface area contributed by atoms with Gasteiger partial charge in [-0.1, -0.05) is 22.9 Å². The Hall–Kier alpha value is -0.320. The van der Waals surface area contributed by atoms with Gasteiger partial charge in [-0.25, -0.2) is 0 Å². The van der Waals surface area contributed by atoms with Gasteiger partial charge in [-0.15, -0.1) is 0 Å². The van der Waals surface area contributed by atoms with Gasteiger partial charge in [-0.05, 0) is 0 Å². The van der Waals surface area contributed by atoms with Crippen molar-refractivity contribution in [2.24, 2.45) is 0 Å². The minimum Gasteiger partial charge on any atom is -0.372 e. The van der Waals surface area contributed by atoms with E-state index < -0.39 is 5.56 Å². The van der Waals surface area contributed by atoms with Gasteiger partial charge >= 0.3 is 4.87 Å². The second kappa shape index (κ2) is 2.51. The Kier molecular flexibility index (Phi) is 1.90. The summed E-state index contributed by atoms with van der Waals surface area (Å²) in [5.41, 5.74) is -0.740. The maximum atomic E-state index is 10.4. The van der Waals surface area contributed by atoms with E-state index in [1.807, 2.05) is 0 Å². The summed E-state index contributed by atoms with van der Waals surface area (Å²) >= 11 is 6.19. The molecule has 9 heavy (non-hydrogen) atoms. The molecule has 5 heteroatoms. The van der Waals surface area contributed by atoms with Crippen LogP contribution in [0.15, 0.2) is 10.2 Å². The SMILES string of the molecule is O=c1[nH]c(C(O)Cl)cs1. The van der Waals surface area contributed by atoms with Crippen LogP contribution in [0, 0.1) is 0 Å². The molecule has 2 N–H and O–H groups in total. The summed E-state index contributed by atoms with van der Waals surface area (Å²) in [6.45, 7) is 0. The van der Waals surface area contributed by atoms with Crippen LogP contribution < -0.4 is 4.87 Å². The summed E-state index contributed by atoms with van der Waals surface area (Å²) in [6.07, 6.45) is 0. The average Bonchev–Trinajstić information content (AvgIpc) is 2.14. The Labute approximate surface area is 59.9 Å². The van der Waals surface area contributed by atoms with Crippen LogP contribution >= 0.6 is 22.9 Å². The van der Waals surface area contributed by atoms with Crippen molar-refractivity contribution in [2.45, 2.75) is 5.56 Å². The normalized spacial score (nSPS) is 13.6. The zero-order chi connectivity index (χ0) is 6.85. The summed E-state index contributed by atoms with van der Waals surface area (Å²) < 4.78 is 0. The van der Waals surface area contributed by atoms with E-state index in [2.05, 4.69) is 4.98 Å². The molecular formula is C4H4ClNO2S. The number of aliphatic hydroxyl groups is 1. The standard InChI is InChI=1S/C4H4ClNO2S/c5-3(7)2-1-9-4(8)6-2/h1,3,7H,(H,6,8). The summed E-state index contributed by atoms with van der Waals surface area (Å²) in [6, 6.07) is 0. The van der Waals surface area contributed by atoms with Crippen molar-refractivity contribution in [3.63, 3.8) is 0 Å². The van der Waals surface area contributed by atoms with Crippen LogP contribution in [0.2, 0.25) is 0 Å². The topological polar surface area (TPSA) is 53.1 Å². The lowest BCUT2D eigenvalue weighted by Gasteiger charge is -1.92. The Morgan fingerprint density at radius 1 is 1.89 bits per heavy atom. The van der Waals surface area contributed by atoms with E-state index in [4.69, 9.17) is 16.7 Å². The van der Waals surface area contributed by atoms with E-state index in [0.717, 1.165) is 11.3 Å². The Morgan fingerprint density at radius 3 is 2.78 bits per heavy atom. The number of hydrogen-bond acceptors (Lipinski definition) is 3. The number of thiazole rings is 1. The van der Waals surface area contributed by atoms with E-state index in [0.29, 0.717) is 5.69 Å². The highest BCUT2D eigenvalue weighted by molar-refractivity contribution is 7.07. The van der Waals surface area contributed by atoms with E-state index in [1.54, 1.807) is 0 Å². The highest BCUT2D eigenvalue weighted by Gasteiger charge is 2.03. The molecule has 1 atom stereocenters. The van der Waals surface area contributed by atoms with Gasteiger partial charge in [0.25, 0.3) is 0 Å². The van der Waals surface area contributed by atoms with Crippen LogP contribution in [-0.4, -0.2) is 10.1 Å². The zero-order valence-corrected chi connectivity index (χ0v) is 5.87. The number of aliphatic hydroxyl groups excluding tert-OH is 1. The minimum absolute atomic E-state index is 0.204. The molecular weight excluding hydrogens is 162 g/mol. The Morgan fingerprint density at radius 2 is 2.56 bits per heavy atom. The van der Waals surface area contributed by atoms with Crippen LogP contribution in [0.3, 0.4) is 0 Å². The zero-order valence-electron chi connectivity index (χ0n) is 4.30. The molecule has 1 unspecified atom stereocenters. The van der Waals surface area contributed by atoms with Crippen molar-refractivity contribution < 1.29 is 5.11 Å². The van der Waals surface area contributed by atoms with Crippen molar-refractivity contribution >= 4 is 22.9 Å². The summed E-state index contributed by atoms with van der Waals surface area (Å²) in [4.78, 5) is 12.5. The van der Waals surface area contributed by atoms with Crippen LogP contribution in [0.25, 0.3) is 0 Å². The minimum atomic E-state index is -1.09. The molecule has 0 saturated carbocycles. The molecule has 0 aromatic carbocycles. The molecule has 0 saturated heterocycles. The highest BCUT2D eigenvalue weighted by Crippen LogP contribution is 2.12. The maximum Gasteiger partial charge on any atom is 0.304 e. The molecule has 0 bridgehead atoms. The number of halogens is 1. The fourth-order valence-corrected chi connectivity index (χ4v) is 1.20. The molecule has 0 aliphatic rings. The van der Waals surface area contributed by atoms with Gasteiger partial charge in [0.1, 0.15) is 0 Å². The summed E-state index contributed by atoms with van der Waals surface area (Å²) in [5, 5.41) is 10.1. The first-order valence-electron chi connectivity index (χ1n) is 2.20. The van der Waals surface area contributed by atoms with Crippen LogP contribution in [0.1, 0.15) is 11.3 Å². The predicted molar refractivity (Wildman–Crippen MR) is 35.8 cm³/mol. The van der Waals surface area contributed by atoms with Crippen molar-refractivity contribution in [3.8, 4) is 0 Å². The van der Waals surface area contributed by atoms with Gasteiger partial charge in [0, 0.05) is 5.38 Å². The van der Waals surface area contributed by atoms with Gasteiger partial charge in [0.2, 0.25) is 0 Å². The second-order valence-electron chi connectivity index (χ2n) is 1.44. The second-order valence-corrected chi connectivity index (χ2v) is 2.69. The Bertz CT molecular complexity index is 241. The van der Waals surface area contributed by atoms with Crippen molar-refractivity contribution in [3.05, 3.63) is 20.7 Å². The number of aromatic amines is 1. The molecule has 50 valence electrons. The lowest BCUT2D eigenvalue weighted by molar-refractivity contribution is 0.258. The number of aromatic nitrogens is 1. The maximum absolute atomic E-state index is 10.4. The van der Waals surface area contributed by atoms with E-state index >= 15 is 0 Å². The molecule has 1 aromatic rings. The smallest absolute Gasteiger partial charge is 0.304 e. The first kappa shape index (κ1) is 6.80. The molecule has 0 spiro atoms. The molecule has 3 nitrogen and oxygen atoms in total. The van der Waals surface area contributed by atoms with E-state index in [-0.39, 0.29) is 4.87 Å². The van der Waals surface area contributed by atoms with Gasteiger partial charge in [0.15, 0.2) is 5.56 Å². The molecule has 1 aromatic heterocycles. The lowest BCUT2D eigenvalue weighted by Crippen LogP contribution is -1.96. The molecule has 0 aliphatic heterocycles. The fraction of sp³-hybridized carbons (Fsp3) is 0.250. The predicted octanol–water partition coefficient (Wildman–Crippen LogP) is 0.666. The molecule has 1 rings (SSSR count). The number of H-pyrrole nitrogens is 1. The van der Waals surface area contributed by atoms with Crippen LogP contribution in [-0.2, 0) is 0 Å². The Balaban J connectivity index is 2.98. The highest BCUT2D eigenvalue weighted by atomic mass is 35.5. The first-order chi connectivity index (χ1) is 4.20. The quantitative estimate of drug-likeness (QED) is 0.601. The lowest BCUT2D eigenvalue weighted by atomic mass is 10.5.